The largest absolute Gasteiger partial charge is 0.444 e. The summed E-state index contributed by atoms with van der Waals surface area (Å²) in [6.07, 6.45) is -0.237. The summed E-state index contributed by atoms with van der Waals surface area (Å²) in [6.45, 7) is 8.52. The highest BCUT2D eigenvalue weighted by Crippen LogP contribution is 2.24. The van der Waals surface area contributed by atoms with Crippen molar-refractivity contribution in [2.75, 3.05) is 31.1 Å². The number of pyridine rings is 1. The van der Waals surface area contributed by atoms with Gasteiger partial charge in [0.1, 0.15) is 14.8 Å². The molecule has 1 saturated heterocycles. The molecular weight excluding hydrogens is 402 g/mol. The zero-order valence-corrected chi connectivity index (χ0v) is 15.6. The first kappa shape index (κ1) is 16.5. The Morgan fingerprint density at radius 1 is 1.14 bits per heavy atom. The number of rotatable bonds is 1. The minimum absolute atomic E-state index is 0.237. The van der Waals surface area contributed by atoms with E-state index in [0.717, 1.165) is 28.0 Å². The summed E-state index contributed by atoms with van der Waals surface area (Å²) < 4.78 is 6.99. The van der Waals surface area contributed by atoms with Crippen molar-refractivity contribution in [3.8, 4) is 0 Å². The van der Waals surface area contributed by atoms with Crippen LogP contribution in [-0.4, -0.2) is 47.8 Å². The Morgan fingerprint density at radius 3 is 2.14 bits per heavy atom. The van der Waals surface area contributed by atoms with Gasteiger partial charge in [0.2, 0.25) is 0 Å². The molecule has 1 aliphatic rings. The zero-order chi connectivity index (χ0) is 15.6. The Morgan fingerprint density at radius 2 is 1.67 bits per heavy atom. The van der Waals surface area contributed by atoms with Gasteiger partial charge in [0.05, 0.1) is 0 Å². The van der Waals surface area contributed by atoms with E-state index >= 15 is 0 Å². The predicted molar refractivity (Wildman–Crippen MR) is 89.7 cm³/mol. The zero-order valence-electron chi connectivity index (χ0n) is 12.4. The number of aromatic nitrogens is 1. The number of amides is 1. The van der Waals surface area contributed by atoms with Crippen molar-refractivity contribution in [2.45, 2.75) is 26.4 Å². The van der Waals surface area contributed by atoms with Gasteiger partial charge in [0, 0.05) is 31.9 Å². The molecule has 0 saturated carbocycles. The van der Waals surface area contributed by atoms with Crippen LogP contribution >= 0.6 is 31.9 Å². The van der Waals surface area contributed by atoms with Crippen LogP contribution in [0.25, 0.3) is 0 Å². The summed E-state index contributed by atoms with van der Waals surface area (Å²) in [5.74, 6) is 0. The highest BCUT2D eigenvalue weighted by Gasteiger charge is 2.26. The van der Waals surface area contributed by atoms with Crippen LogP contribution < -0.4 is 4.90 Å². The first-order valence-corrected chi connectivity index (χ1v) is 8.39. The summed E-state index contributed by atoms with van der Waals surface area (Å²) in [4.78, 5) is 20.3. The maximum atomic E-state index is 12.0. The number of ether oxygens (including phenoxy) is 1. The van der Waals surface area contributed by atoms with Crippen molar-refractivity contribution in [3.63, 3.8) is 0 Å². The molecule has 0 aromatic carbocycles. The number of carbonyl (C=O) groups excluding carboxylic acids is 1. The van der Waals surface area contributed by atoms with Crippen LogP contribution in [0.4, 0.5) is 10.5 Å². The molecule has 116 valence electrons. The molecule has 0 bridgehead atoms. The smallest absolute Gasteiger partial charge is 0.410 e. The Bertz CT molecular complexity index is 503. The molecule has 7 heteroatoms. The fourth-order valence-corrected chi connectivity index (χ4v) is 3.20. The van der Waals surface area contributed by atoms with E-state index < -0.39 is 5.60 Å². The number of piperazine rings is 1. The third-order valence-corrected chi connectivity index (χ3v) is 3.86. The standard InChI is InChI=1S/C14H19Br2N3O2/c1-14(2,3)21-13(20)19-6-4-18(5-7-19)10-8-11(15)17-12(16)9-10/h8-9H,4-7H2,1-3H3. The molecule has 0 radical (unpaired) electrons. The van der Waals surface area contributed by atoms with Gasteiger partial charge in [-0.25, -0.2) is 9.78 Å². The van der Waals surface area contributed by atoms with Crippen LogP contribution in [0.5, 0.6) is 0 Å². The fourth-order valence-electron chi connectivity index (χ4n) is 2.11. The van der Waals surface area contributed by atoms with Crippen LogP contribution in [-0.2, 0) is 4.74 Å². The number of hydrogen-bond acceptors (Lipinski definition) is 4. The Labute approximate surface area is 141 Å². The lowest BCUT2D eigenvalue weighted by molar-refractivity contribution is 0.0240. The molecule has 5 nitrogen and oxygen atoms in total. The molecule has 1 aromatic heterocycles. The summed E-state index contributed by atoms with van der Waals surface area (Å²) in [5, 5.41) is 0. The minimum atomic E-state index is -0.449. The number of halogens is 2. The summed E-state index contributed by atoms with van der Waals surface area (Å²) in [5.41, 5.74) is 0.641. The molecule has 2 heterocycles. The monoisotopic (exact) mass is 419 g/mol. The maximum absolute atomic E-state index is 12.0. The molecule has 1 aromatic rings. The van der Waals surface area contributed by atoms with Crippen LogP contribution in [0.15, 0.2) is 21.3 Å². The Balaban J connectivity index is 1.95. The van der Waals surface area contributed by atoms with Gasteiger partial charge in [0.25, 0.3) is 0 Å². The molecular formula is C14H19Br2N3O2. The third kappa shape index (κ3) is 4.85. The highest BCUT2D eigenvalue weighted by molar-refractivity contribution is 9.11. The van der Waals surface area contributed by atoms with Crippen LogP contribution in [0.2, 0.25) is 0 Å². The minimum Gasteiger partial charge on any atom is -0.444 e. The summed E-state index contributed by atoms with van der Waals surface area (Å²) >= 11 is 6.79. The summed E-state index contributed by atoms with van der Waals surface area (Å²) in [6, 6.07) is 3.96. The molecule has 0 N–H and O–H groups in total. The van der Waals surface area contributed by atoms with E-state index in [1.807, 2.05) is 32.9 Å². The first-order valence-electron chi connectivity index (χ1n) is 6.80. The normalized spacial score (nSPS) is 16.0. The summed E-state index contributed by atoms with van der Waals surface area (Å²) in [7, 11) is 0. The SMILES string of the molecule is CC(C)(C)OC(=O)N1CCN(c2cc(Br)nc(Br)c2)CC1. The molecule has 0 atom stereocenters. The van der Waals surface area contributed by atoms with E-state index in [1.54, 1.807) is 4.90 Å². The van der Waals surface area contributed by atoms with Crippen LogP contribution in [0.3, 0.4) is 0 Å². The van der Waals surface area contributed by atoms with E-state index in [0.29, 0.717) is 13.1 Å². The quantitative estimate of drug-likeness (QED) is 0.650. The lowest BCUT2D eigenvalue weighted by Gasteiger charge is -2.36. The lowest BCUT2D eigenvalue weighted by Crippen LogP contribution is -2.50. The third-order valence-electron chi connectivity index (χ3n) is 3.04. The molecule has 21 heavy (non-hydrogen) atoms. The van der Waals surface area contributed by atoms with Crippen molar-refractivity contribution in [3.05, 3.63) is 21.3 Å². The lowest BCUT2D eigenvalue weighted by atomic mass is 10.2. The average Bonchev–Trinajstić information content (AvgIpc) is 2.35. The number of hydrogen-bond donors (Lipinski definition) is 0. The van der Waals surface area contributed by atoms with Gasteiger partial charge in [0.15, 0.2) is 0 Å². The van der Waals surface area contributed by atoms with Gasteiger partial charge >= 0.3 is 6.09 Å². The Hall–Kier alpha value is -0.820. The van der Waals surface area contributed by atoms with Crippen LogP contribution in [0, 0.1) is 0 Å². The number of anilines is 1. The average molecular weight is 421 g/mol. The second kappa shape index (κ2) is 6.52. The second-order valence-corrected chi connectivity index (χ2v) is 7.55. The van der Waals surface area contributed by atoms with Gasteiger partial charge in [-0.05, 0) is 64.8 Å². The van der Waals surface area contributed by atoms with Crippen molar-refractivity contribution in [1.82, 2.24) is 9.88 Å². The van der Waals surface area contributed by atoms with Crippen molar-refractivity contribution in [1.29, 1.82) is 0 Å². The molecule has 0 spiro atoms. The van der Waals surface area contributed by atoms with Gasteiger partial charge in [-0.2, -0.15) is 0 Å². The van der Waals surface area contributed by atoms with Gasteiger partial charge in [-0.1, -0.05) is 0 Å². The number of carbonyl (C=O) groups is 1. The fraction of sp³-hybridized carbons (Fsp3) is 0.571. The van der Waals surface area contributed by atoms with Crippen molar-refractivity contribution >= 4 is 43.6 Å². The highest BCUT2D eigenvalue weighted by atomic mass is 79.9. The first-order chi connectivity index (χ1) is 9.74. The van der Waals surface area contributed by atoms with Crippen molar-refractivity contribution in [2.24, 2.45) is 0 Å². The molecule has 0 aliphatic carbocycles. The molecule has 1 aliphatic heterocycles. The van der Waals surface area contributed by atoms with Gasteiger partial charge in [-0.15, -0.1) is 0 Å². The maximum Gasteiger partial charge on any atom is 0.410 e. The second-order valence-electron chi connectivity index (χ2n) is 5.93. The van der Waals surface area contributed by atoms with E-state index in [4.69, 9.17) is 4.74 Å². The molecule has 1 fully saturated rings. The van der Waals surface area contributed by atoms with Gasteiger partial charge < -0.3 is 14.5 Å². The van der Waals surface area contributed by atoms with E-state index in [1.165, 1.54) is 0 Å². The van der Waals surface area contributed by atoms with E-state index in [-0.39, 0.29) is 6.09 Å². The topological polar surface area (TPSA) is 45.7 Å². The van der Waals surface area contributed by atoms with Crippen LogP contribution in [0.1, 0.15) is 20.8 Å². The molecule has 0 unspecified atom stereocenters. The Kier molecular flexibility index (Phi) is 5.14. The molecule has 2 rings (SSSR count). The number of nitrogens with zero attached hydrogens (tertiary/aromatic N) is 3. The van der Waals surface area contributed by atoms with E-state index in [9.17, 15) is 4.79 Å². The van der Waals surface area contributed by atoms with Crippen molar-refractivity contribution < 1.29 is 9.53 Å². The van der Waals surface area contributed by atoms with E-state index in [2.05, 4.69) is 41.7 Å². The van der Waals surface area contributed by atoms with Gasteiger partial charge in [-0.3, -0.25) is 0 Å². The predicted octanol–water partition coefficient (Wildman–Crippen LogP) is 3.66. The molecule has 1 amide bonds.